The smallest absolute Gasteiger partial charge is 0.416 e. The molecule has 2 aromatic heterocycles. The van der Waals surface area contributed by atoms with Gasteiger partial charge in [-0.15, -0.1) is 11.3 Å². The number of halogens is 3. The molecule has 3 rings (SSSR count). The molecule has 3 aromatic rings. The molecule has 11 heteroatoms. The van der Waals surface area contributed by atoms with Crippen LogP contribution in [0.4, 0.5) is 18.9 Å². The Bertz CT molecular complexity index is 1180. The van der Waals surface area contributed by atoms with Gasteiger partial charge in [0.25, 0.3) is 5.56 Å². The Kier molecular flexibility index (Phi) is 5.92. The minimum atomic E-state index is -4.54. The molecule has 0 unspecified atom stereocenters. The molecule has 1 amide bonds. The fourth-order valence-electron chi connectivity index (χ4n) is 2.79. The third kappa shape index (κ3) is 4.35. The number of hydrogen-bond donors (Lipinski definition) is 1. The van der Waals surface area contributed by atoms with Crippen molar-refractivity contribution in [1.82, 2.24) is 9.55 Å². The normalized spacial score (nSPS) is 11.5. The summed E-state index contributed by atoms with van der Waals surface area (Å²) in [5, 5.41) is 2.53. The Morgan fingerprint density at radius 2 is 2.03 bits per heavy atom. The maximum atomic E-state index is 12.8. The highest BCUT2D eigenvalue weighted by molar-refractivity contribution is 7.20. The first-order chi connectivity index (χ1) is 14.1. The van der Waals surface area contributed by atoms with Crippen molar-refractivity contribution < 1.29 is 27.5 Å². The minimum Gasteiger partial charge on any atom is -0.462 e. The highest BCUT2D eigenvalue weighted by Crippen LogP contribution is 2.30. The van der Waals surface area contributed by atoms with Gasteiger partial charge in [0.15, 0.2) is 0 Å². The van der Waals surface area contributed by atoms with E-state index in [1.54, 1.807) is 13.8 Å². The van der Waals surface area contributed by atoms with Crippen molar-refractivity contribution in [2.75, 3.05) is 11.9 Å². The van der Waals surface area contributed by atoms with Crippen LogP contribution in [0.2, 0.25) is 0 Å². The summed E-state index contributed by atoms with van der Waals surface area (Å²) in [7, 11) is 0. The molecule has 2 heterocycles. The second kappa shape index (κ2) is 8.27. The van der Waals surface area contributed by atoms with E-state index in [9.17, 15) is 27.6 Å². The molecule has 0 radical (unpaired) electrons. The van der Waals surface area contributed by atoms with E-state index in [4.69, 9.17) is 4.74 Å². The van der Waals surface area contributed by atoms with E-state index in [2.05, 4.69) is 10.3 Å². The number of esters is 1. The lowest BCUT2D eigenvalue weighted by Gasteiger charge is -2.10. The molecule has 0 bridgehead atoms. The molecular formula is C19H16F3N3O4S. The van der Waals surface area contributed by atoms with Gasteiger partial charge >= 0.3 is 12.1 Å². The van der Waals surface area contributed by atoms with Crippen LogP contribution in [0, 0.1) is 6.92 Å². The zero-order chi connectivity index (χ0) is 22.1. The van der Waals surface area contributed by atoms with Crippen LogP contribution >= 0.6 is 11.3 Å². The molecule has 1 aromatic carbocycles. The van der Waals surface area contributed by atoms with Gasteiger partial charge in [-0.05, 0) is 37.6 Å². The van der Waals surface area contributed by atoms with Gasteiger partial charge in [-0.1, -0.05) is 6.07 Å². The van der Waals surface area contributed by atoms with Crippen LogP contribution in [0.1, 0.15) is 27.7 Å². The van der Waals surface area contributed by atoms with Crippen LogP contribution in [0.15, 0.2) is 35.4 Å². The number of carbonyl (C=O) groups is 2. The summed E-state index contributed by atoms with van der Waals surface area (Å²) in [6.07, 6.45) is -3.39. The van der Waals surface area contributed by atoms with Crippen molar-refractivity contribution in [3.8, 4) is 0 Å². The molecule has 0 fully saturated rings. The van der Waals surface area contributed by atoms with Gasteiger partial charge in [-0.2, -0.15) is 13.2 Å². The summed E-state index contributed by atoms with van der Waals surface area (Å²) in [6, 6.07) is 4.17. The lowest BCUT2D eigenvalue weighted by atomic mass is 10.2. The van der Waals surface area contributed by atoms with Crippen LogP contribution < -0.4 is 10.9 Å². The molecule has 30 heavy (non-hydrogen) atoms. The number of aromatic nitrogens is 2. The number of aryl methyl sites for hydroxylation is 1. The molecule has 1 N–H and O–H groups in total. The maximum Gasteiger partial charge on any atom is 0.416 e. The van der Waals surface area contributed by atoms with Crippen LogP contribution in [0.5, 0.6) is 0 Å². The number of fused-ring (bicyclic) bond motifs is 1. The Balaban J connectivity index is 1.85. The highest BCUT2D eigenvalue weighted by atomic mass is 32.1. The zero-order valence-corrected chi connectivity index (χ0v) is 16.7. The molecular weight excluding hydrogens is 423 g/mol. The highest BCUT2D eigenvalue weighted by Gasteiger charge is 2.30. The van der Waals surface area contributed by atoms with E-state index < -0.39 is 35.7 Å². The average Bonchev–Trinajstić information content (AvgIpc) is 3.01. The Morgan fingerprint density at radius 3 is 2.70 bits per heavy atom. The second-order valence-corrected chi connectivity index (χ2v) is 7.26. The number of benzene rings is 1. The average molecular weight is 439 g/mol. The number of amides is 1. The number of ether oxygens (including phenoxy) is 1. The summed E-state index contributed by atoms with van der Waals surface area (Å²) in [5.41, 5.74) is -1.09. The van der Waals surface area contributed by atoms with E-state index in [0.717, 1.165) is 34.4 Å². The van der Waals surface area contributed by atoms with Crippen molar-refractivity contribution >= 4 is 39.1 Å². The van der Waals surface area contributed by atoms with Gasteiger partial charge in [0, 0.05) is 5.69 Å². The quantitative estimate of drug-likeness (QED) is 0.614. The summed E-state index contributed by atoms with van der Waals surface area (Å²) in [5.74, 6) is -1.26. The van der Waals surface area contributed by atoms with E-state index in [0.29, 0.717) is 10.4 Å². The Morgan fingerprint density at radius 1 is 1.30 bits per heavy atom. The summed E-state index contributed by atoms with van der Waals surface area (Å²) >= 11 is 1.01. The standard InChI is InChI=1S/C19H16F3N3O4S/c1-3-29-18(28)15-10(2)14-16(30-15)23-9-25(17(14)27)8-13(26)24-12-6-4-5-11(7-12)19(20,21)22/h4-7,9H,3,8H2,1-2H3,(H,24,26). The number of thiophene rings is 1. The first kappa shape index (κ1) is 21.5. The van der Waals surface area contributed by atoms with Crippen molar-refractivity contribution in [2.45, 2.75) is 26.6 Å². The number of rotatable bonds is 5. The molecule has 7 nitrogen and oxygen atoms in total. The minimum absolute atomic E-state index is 0.0479. The molecule has 0 aliphatic heterocycles. The van der Waals surface area contributed by atoms with Crippen LogP contribution in [0.3, 0.4) is 0 Å². The van der Waals surface area contributed by atoms with Crippen LogP contribution in [0.25, 0.3) is 10.2 Å². The van der Waals surface area contributed by atoms with Gasteiger partial charge in [0.1, 0.15) is 16.3 Å². The summed E-state index contributed by atoms with van der Waals surface area (Å²) in [4.78, 5) is 41.7. The van der Waals surface area contributed by atoms with Gasteiger partial charge < -0.3 is 10.1 Å². The van der Waals surface area contributed by atoms with Gasteiger partial charge in [-0.25, -0.2) is 9.78 Å². The lowest BCUT2D eigenvalue weighted by molar-refractivity contribution is -0.137. The molecule has 158 valence electrons. The number of alkyl halides is 3. The van der Waals surface area contributed by atoms with E-state index in [1.807, 2.05) is 0 Å². The predicted octanol–water partition coefficient (Wildman–Crippen LogP) is 3.60. The van der Waals surface area contributed by atoms with Crippen molar-refractivity contribution in [2.24, 2.45) is 0 Å². The monoisotopic (exact) mass is 439 g/mol. The number of hydrogen-bond acceptors (Lipinski definition) is 6. The summed E-state index contributed by atoms with van der Waals surface area (Å²) in [6.45, 7) is 2.97. The Labute approximate surface area is 172 Å². The van der Waals surface area contributed by atoms with Crippen molar-refractivity contribution in [3.63, 3.8) is 0 Å². The fraction of sp³-hybridized carbons (Fsp3) is 0.263. The molecule has 0 aliphatic rings. The molecule has 0 spiro atoms. The maximum absolute atomic E-state index is 12.8. The molecule has 0 atom stereocenters. The van der Waals surface area contributed by atoms with Crippen molar-refractivity contribution in [3.05, 3.63) is 57.0 Å². The largest absolute Gasteiger partial charge is 0.462 e. The molecule has 0 saturated heterocycles. The van der Waals surface area contributed by atoms with E-state index in [1.165, 1.54) is 12.1 Å². The SMILES string of the molecule is CCOC(=O)c1sc2ncn(CC(=O)Nc3cccc(C(F)(F)F)c3)c(=O)c2c1C. The second-order valence-electron chi connectivity index (χ2n) is 6.26. The van der Waals surface area contributed by atoms with E-state index in [-0.39, 0.29) is 22.6 Å². The topological polar surface area (TPSA) is 90.3 Å². The van der Waals surface area contributed by atoms with Gasteiger partial charge in [-0.3, -0.25) is 14.2 Å². The number of nitrogens with one attached hydrogen (secondary N) is 1. The van der Waals surface area contributed by atoms with Crippen LogP contribution in [-0.4, -0.2) is 28.0 Å². The number of anilines is 1. The third-order valence-corrected chi connectivity index (χ3v) is 5.35. The van der Waals surface area contributed by atoms with Crippen molar-refractivity contribution in [1.29, 1.82) is 0 Å². The molecule has 0 saturated carbocycles. The Hall–Kier alpha value is -3.21. The first-order valence-corrected chi connectivity index (χ1v) is 9.56. The predicted molar refractivity (Wildman–Crippen MR) is 105 cm³/mol. The third-order valence-electron chi connectivity index (χ3n) is 4.17. The van der Waals surface area contributed by atoms with Gasteiger partial charge in [0.05, 0.1) is 23.9 Å². The lowest BCUT2D eigenvalue weighted by Crippen LogP contribution is -2.28. The fourth-order valence-corrected chi connectivity index (χ4v) is 3.82. The molecule has 0 aliphatic carbocycles. The number of nitrogens with zero attached hydrogens (tertiary/aromatic N) is 2. The van der Waals surface area contributed by atoms with Crippen LogP contribution in [-0.2, 0) is 22.3 Å². The summed E-state index contributed by atoms with van der Waals surface area (Å²) < 4.78 is 44.4. The van der Waals surface area contributed by atoms with Gasteiger partial charge in [0.2, 0.25) is 5.91 Å². The number of carbonyl (C=O) groups excluding carboxylic acids is 2. The zero-order valence-electron chi connectivity index (χ0n) is 15.9. The van der Waals surface area contributed by atoms with E-state index >= 15 is 0 Å². The first-order valence-electron chi connectivity index (χ1n) is 8.74.